The van der Waals surface area contributed by atoms with Crippen molar-refractivity contribution in [3.63, 3.8) is 0 Å². The monoisotopic (exact) mass is 247 g/mol. The van der Waals surface area contributed by atoms with Crippen LogP contribution in [0, 0.1) is 10.8 Å². The fraction of sp³-hybridized carbons (Fsp3) is 0.625. The normalized spacial score (nSPS) is 20.7. The highest BCUT2D eigenvalue weighted by Gasteiger charge is 2.64. The van der Waals surface area contributed by atoms with E-state index in [-0.39, 0.29) is 0 Å². The van der Waals surface area contributed by atoms with Crippen molar-refractivity contribution in [1.82, 2.24) is 5.32 Å². The summed E-state index contributed by atoms with van der Waals surface area (Å²) in [4.78, 5) is 0. The molecule has 2 nitrogen and oxygen atoms in total. The minimum Gasteiger partial charge on any atom is -0.494 e. The zero-order valence-corrected chi connectivity index (χ0v) is 12.2. The Kier molecular flexibility index (Phi) is 3.41. The van der Waals surface area contributed by atoms with Crippen molar-refractivity contribution in [1.29, 1.82) is 0 Å². The molecule has 1 aromatic rings. The van der Waals surface area contributed by atoms with Crippen LogP contribution in [-0.2, 0) is 6.54 Å². The summed E-state index contributed by atoms with van der Waals surface area (Å²) in [6.45, 7) is 13.0. The lowest BCUT2D eigenvalue weighted by Crippen LogP contribution is -2.21. The van der Waals surface area contributed by atoms with E-state index in [0.717, 1.165) is 18.9 Å². The van der Waals surface area contributed by atoms with E-state index < -0.39 is 0 Å². The van der Waals surface area contributed by atoms with E-state index in [2.05, 4.69) is 45.1 Å². The van der Waals surface area contributed by atoms with Gasteiger partial charge in [-0.3, -0.25) is 0 Å². The van der Waals surface area contributed by atoms with E-state index in [1.165, 1.54) is 5.56 Å². The van der Waals surface area contributed by atoms with Crippen LogP contribution in [0.2, 0.25) is 0 Å². The number of hydrogen-bond donors (Lipinski definition) is 1. The van der Waals surface area contributed by atoms with E-state index in [0.29, 0.717) is 16.9 Å². The van der Waals surface area contributed by atoms with Crippen LogP contribution in [0.5, 0.6) is 5.75 Å². The molecule has 2 rings (SSSR count). The highest BCUT2D eigenvalue weighted by molar-refractivity contribution is 5.28. The van der Waals surface area contributed by atoms with Gasteiger partial charge in [0.1, 0.15) is 5.75 Å². The van der Waals surface area contributed by atoms with Crippen LogP contribution in [0.1, 0.15) is 40.2 Å². The summed E-state index contributed by atoms with van der Waals surface area (Å²) in [6, 6.07) is 8.98. The first kappa shape index (κ1) is 13.4. The van der Waals surface area contributed by atoms with Gasteiger partial charge in [-0.1, -0.05) is 39.8 Å². The third-order valence-corrected chi connectivity index (χ3v) is 4.77. The molecule has 0 saturated heterocycles. The number of hydrogen-bond acceptors (Lipinski definition) is 2. The van der Waals surface area contributed by atoms with Gasteiger partial charge in [-0.15, -0.1) is 0 Å². The molecular formula is C16H25NO. The largest absolute Gasteiger partial charge is 0.494 e. The molecule has 1 fully saturated rings. The highest BCUT2D eigenvalue weighted by Crippen LogP contribution is 2.62. The average Bonchev–Trinajstić information content (AvgIpc) is 2.69. The van der Waals surface area contributed by atoms with Crippen molar-refractivity contribution in [2.75, 3.05) is 6.61 Å². The smallest absolute Gasteiger partial charge is 0.119 e. The molecule has 18 heavy (non-hydrogen) atoms. The van der Waals surface area contributed by atoms with Gasteiger partial charge in [0, 0.05) is 12.6 Å². The van der Waals surface area contributed by atoms with Gasteiger partial charge in [0.2, 0.25) is 0 Å². The molecule has 1 aromatic carbocycles. The lowest BCUT2D eigenvalue weighted by molar-refractivity contribution is 0.340. The maximum atomic E-state index is 5.44. The van der Waals surface area contributed by atoms with Gasteiger partial charge in [-0.2, -0.15) is 0 Å². The molecule has 0 heterocycles. The molecule has 0 aromatic heterocycles. The Bertz CT molecular complexity index is 392. The first-order chi connectivity index (χ1) is 8.39. The number of benzene rings is 1. The lowest BCUT2D eigenvalue weighted by Gasteiger charge is -2.08. The van der Waals surface area contributed by atoms with E-state index in [9.17, 15) is 0 Å². The minimum atomic E-state index is 0.401. The number of rotatable bonds is 5. The predicted molar refractivity (Wildman–Crippen MR) is 75.8 cm³/mol. The number of nitrogens with one attached hydrogen (secondary N) is 1. The Hall–Kier alpha value is -1.02. The molecule has 0 amide bonds. The predicted octanol–water partition coefficient (Wildman–Crippen LogP) is 3.61. The lowest BCUT2D eigenvalue weighted by atomic mass is 10.0. The van der Waals surface area contributed by atoms with E-state index >= 15 is 0 Å². The molecule has 0 unspecified atom stereocenters. The van der Waals surface area contributed by atoms with Crippen LogP contribution in [0.3, 0.4) is 0 Å². The molecule has 1 aliphatic carbocycles. The molecule has 0 aliphatic heterocycles. The van der Waals surface area contributed by atoms with E-state index in [1.54, 1.807) is 0 Å². The van der Waals surface area contributed by atoms with Gasteiger partial charge in [-0.25, -0.2) is 0 Å². The molecule has 1 aliphatic rings. The fourth-order valence-electron chi connectivity index (χ4n) is 2.80. The summed E-state index contributed by atoms with van der Waals surface area (Å²) in [5.74, 6) is 0.952. The minimum absolute atomic E-state index is 0.401. The molecule has 0 radical (unpaired) electrons. The average molecular weight is 247 g/mol. The topological polar surface area (TPSA) is 21.3 Å². The standard InChI is InChI=1S/C16H25NO/c1-6-18-13-9-7-12(8-10-13)11-17-14-15(2,3)16(14,4)5/h7-10,14,17H,6,11H2,1-5H3. The van der Waals surface area contributed by atoms with Crippen molar-refractivity contribution in [3.8, 4) is 5.75 Å². The number of ether oxygens (including phenoxy) is 1. The molecule has 2 heteroatoms. The first-order valence-corrected chi connectivity index (χ1v) is 6.84. The second-order valence-corrected chi connectivity index (χ2v) is 6.33. The Morgan fingerprint density at radius 3 is 2.06 bits per heavy atom. The van der Waals surface area contributed by atoms with E-state index in [4.69, 9.17) is 4.74 Å². The fourth-order valence-corrected chi connectivity index (χ4v) is 2.80. The van der Waals surface area contributed by atoms with E-state index in [1.807, 2.05) is 19.1 Å². The zero-order chi connectivity index (χ0) is 13.4. The Labute approximate surface area is 111 Å². The summed E-state index contributed by atoms with van der Waals surface area (Å²) in [5, 5.41) is 3.66. The van der Waals surface area contributed by atoms with Gasteiger partial charge in [-0.05, 0) is 35.4 Å². The van der Waals surface area contributed by atoms with Crippen LogP contribution < -0.4 is 10.1 Å². The van der Waals surface area contributed by atoms with Crippen molar-refractivity contribution >= 4 is 0 Å². The SMILES string of the molecule is CCOc1ccc(CNC2C(C)(C)C2(C)C)cc1. The highest BCUT2D eigenvalue weighted by atomic mass is 16.5. The Morgan fingerprint density at radius 2 is 1.61 bits per heavy atom. The quantitative estimate of drug-likeness (QED) is 0.858. The molecule has 0 atom stereocenters. The van der Waals surface area contributed by atoms with Gasteiger partial charge in [0.15, 0.2) is 0 Å². The first-order valence-electron chi connectivity index (χ1n) is 6.84. The van der Waals surface area contributed by atoms with Crippen LogP contribution in [0.15, 0.2) is 24.3 Å². The summed E-state index contributed by atoms with van der Waals surface area (Å²) >= 11 is 0. The van der Waals surface area contributed by atoms with Gasteiger partial charge in [0.05, 0.1) is 6.61 Å². The molecule has 0 bridgehead atoms. The molecule has 1 saturated carbocycles. The Balaban J connectivity index is 1.88. The second-order valence-electron chi connectivity index (χ2n) is 6.33. The molecule has 100 valence electrons. The third-order valence-electron chi connectivity index (χ3n) is 4.77. The maximum Gasteiger partial charge on any atom is 0.119 e. The van der Waals surface area contributed by atoms with Crippen LogP contribution in [-0.4, -0.2) is 12.6 Å². The van der Waals surface area contributed by atoms with Crippen molar-refractivity contribution < 1.29 is 4.74 Å². The molecule has 1 N–H and O–H groups in total. The molecular weight excluding hydrogens is 222 g/mol. The van der Waals surface area contributed by atoms with Crippen LogP contribution in [0.4, 0.5) is 0 Å². The van der Waals surface area contributed by atoms with Crippen LogP contribution in [0.25, 0.3) is 0 Å². The zero-order valence-electron chi connectivity index (χ0n) is 12.2. The summed E-state index contributed by atoms with van der Waals surface area (Å²) in [7, 11) is 0. The maximum absolute atomic E-state index is 5.44. The van der Waals surface area contributed by atoms with Gasteiger partial charge < -0.3 is 10.1 Å². The molecule has 0 spiro atoms. The van der Waals surface area contributed by atoms with Crippen molar-refractivity contribution in [2.24, 2.45) is 10.8 Å². The second kappa shape index (κ2) is 4.58. The summed E-state index contributed by atoms with van der Waals surface area (Å²) < 4.78 is 5.44. The van der Waals surface area contributed by atoms with Crippen LogP contribution >= 0.6 is 0 Å². The summed E-state index contributed by atoms with van der Waals surface area (Å²) in [6.07, 6.45) is 0. The van der Waals surface area contributed by atoms with Gasteiger partial charge >= 0.3 is 0 Å². The third kappa shape index (κ3) is 2.26. The van der Waals surface area contributed by atoms with Crippen molar-refractivity contribution in [2.45, 2.75) is 47.2 Å². The summed E-state index contributed by atoms with van der Waals surface area (Å²) in [5.41, 5.74) is 2.12. The van der Waals surface area contributed by atoms with Gasteiger partial charge in [0.25, 0.3) is 0 Å². The Morgan fingerprint density at radius 1 is 1.06 bits per heavy atom. The van der Waals surface area contributed by atoms with Crippen molar-refractivity contribution in [3.05, 3.63) is 29.8 Å².